The summed E-state index contributed by atoms with van der Waals surface area (Å²) in [5, 5.41) is 2.70. The smallest absolute Gasteiger partial charge is 0.0346 e. The Morgan fingerprint density at radius 3 is 1.61 bits per heavy atom. The molecule has 0 fully saturated rings. The third-order valence-electron chi connectivity index (χ3n) is 9.99. The molecule has 41 heavy (non-hydrogen) atoms. The lowest BCUT2D eigenvalue weighted by Crippen LogP contribution is -2.17. The molecule has 0 nitrogen and oxygen atoms in total. The lowest BCUT2D eigenvalue weighted by atomic mass is 9.77. The summed E-state index contributed by atoms with van der Waals surface area (Å²) in [4.78, 5) is 0. The molecular formula is C41H34. The van der Waals surface area contributed by atoms with Gasteiger partial charge in [0.25, 0.3) is 0 Å². The van der Waals surface area contributed by atoms with Gasteiger partial charge in [-0.15, -0.1) is 0 Å². The van der Waals surface area contributed by atoms with E-state index in [1.165, 1.54) is 72.0 Å². The summed E-state index contributed by atoms with van der Waals surface area (Å²) >= 11 is 0. The van der Waals surface area contributed by atoms with E-state index in [0.717, 1.165) is 0 Å². The van der Waals surface area contributed by atoms with Crippen LogP contribution in [0.2, 0.25) is 0 Å². The fourth-order valence-electron chi connectivity index (χ4n) is 7.88. The second kappa shape index (κ2) is 8.54. The Morgan fingerprint density at radius 1 is 0.415 bits per heavy atom. The summed E-state index contributed by atoms with van der Waals surface area (Å²) in [7, 11) is 0. The highest BCUT2D eigenvalue weighted by Gasteiger charge is 2.42. The molecule has 0 unspecified atom stereocenters. The maximum absolute atomic E-state index is 2.55. The van der Waals surface area contributed by atoms with E-state index in [2.05, 4.69) is 155 Å². The van der Waals surface area contributed by atoms with E-state index in [9.17, 15) is 0 Å². The van der Waals surface area contributed by atoms with E-state index < -0.39 is 0 Å². The van der Waals surface area contributed by atoms with Gasteiger partial charge in [-0.2, -0.15) is 0 Å². The molecule has 6 aromatic carbocycles. The molecule has 2 aliphatic carbocycles. The Labute approximate surface area is 243 Å². The third-order valence-corrected chi connectivity index (χ3v) is 9.99. The molecule has 0 heterocycles. The molecule has 8 rings (SSSR count). The largest absolute Gasteiger partial charge is 0.0622 e. The van der Waals surface area contributed by atoms with Crippen molar-refractivity contribution in [3.05, 3.63) is 166 Å². The van der Waals surface area contributed by atoms with E-state index in [-0.39, 0.29) is 16.7 Å². The number of hydrogen-bond acceptors (Lipinski definition) is 0. The lowest BCUT2D eigenvalue weighted by molar-refractivity contribution is 0.651. The monoisotopic (exact) mass is 526 g/mol. The van der Waals surface area contributed by atoms with Gasteiger partial charge in [0.1, 0.15) is 0 Å². The van der Waals surface area contributed by atoms with Crippen LogP contribution in [0.3, 0.4) is 0 Å². The summed E-state index contributed by atoms with van der Waals surface area (Å²) in [5.74, 6) is 0.155. The van der Waals surface area contributed by atoms with Crippen LogP contribution in [0, 0.1) is 0 Å². The van der Waals surface area contributed by atoms with Crippen molar-refractivity contribution in [3.63, 3.8) is 0 Å². The highest BCUT2D eigenvalue weighted by Crippen LogP contribution is 2.58. The summed E-state index contributed by atoms with van der Waals surface area (Å²) in [5.41, 5.74) is 15.3. The quantitative estimate of drug-likeness (QED) is 0.201. The van der Waals surface area contributed by atoms with Crippen molar-refractivity contribution in [2.24, 2.45) is 0 Å². The normalized spacial score (nSPS) is 15.4. The molecule has 0 N–H and O–H groups in total. The average molecular weight is 527 g/mol. The maximum atomic E-state index is 2.55. The molecule has 0 bridgehead atoms. The van der Waals surface area contributed by atoms with Crippen molar-refractivity contribution in [2.75, 3.05) is 0 Å². The van der Waals surface area contributed by atoms with Gasteiger partial charge in [-0.1, -0.05) is 143 Å². The van der Waals surface area contributed by atoms with E-state index >= 15 is 0 Å². The Kier molecular flexibility index (Phi) is 5.08. The summed E-state index contributed by atoms with van der Waals surface area (Å²) in [6.45, 7) is 9.62. The first-order valence-corrected chi connectivity index (χ1v) is 14.8. The minimum atomic E-state index is -0.113. The molecule has 0 atom stereocenters. The van der Waals surface area contributed by atoms with Gasteiger partial charge < -0.3 is 0 Å². The van der Waals surface area contributed by atoms with Crippen molar-refractivity contribution < 1.29 is 0 Å². The molecule has 0 saturated carbocycles. The summed E-state index contributed by atoms with van der Waals surface area (Å²) < 4.78 is 0. The van der Waals surface area contributed by atoms with Crippen LogP contribution in [0.1, 0.15) is 72.6 Å². The predicted octanol–water partition coefficient (Wildman–Crippen LogP) is 10.6. The molecular weight excluding hydrogens is 492 g/mol. The number of benzene rings is 6. The van der Waals surface area contributed by atoms with Crippen LogP contribution >= 0.6 is 0 Å². The molecule has 0 amide bonds. The molecule has 0 heteroatoms. The fourth-order valence-corrected chi connectivity index (χ4v) is 7.88. The van der Waals surface area contributed by atoms with E-state index in [1.807, 2.05) is 0 Å². The summed E-state index contributed by atoms with van der Waals surface area (Å²) in [6, 6.07) is 47.7. The Hall–Kier alpha value is -4.42. The maximum Gasteiger partial charge on any atom is 0.0346 e. The molecule has 0 saturated heterocycles. The topological polar surface area (TPSA) is 0 Å². The van der Waals surface area contributed by atoms with Gasteiger partial charge in [-0.3, -0.25) is 0 Å². The van der Waals surface area contributed by atoms with Gasteiger partial charge in [-0.05, 0) is 84.1 Å². The first-order valence-electron chi connectivity index (χ1n) is 14.8. The third kappa shape index (κ3) is 3.34. The fraction of sp³-hybridized carbons (Fsp3) is 0.171. The molecule has 0 aliphatic heterocycles. The molecule has 0 spiro atoms. The van der Waals surface area contributed by atoms with E-state index in [0.29, 0.717) is 0 Å². The standard InChI is InChI=1S/C41H34/c1-40(2)34-22-14-13-20-29(34)31-23-36-33(25-35(31)40)39-30-21-12-11-19-28(30)32(24-37(39)41(36,3)4)38(26-15-7-5-8-16-26)27-17-9-6-10-18-27/h5-25,38H,1-4H3. The number of fused-ring (bicyclic) bond motifs is 8. The van der Waals surface area contributed by atoms with E-state index in [4.69, 9.17) is 0 Å². The van der Waals surface area contributed by atoms with Crippen LogP contribution in [0.15, 0.2) is 127 Å². The molecule has 0 aromatic heterocycles. The first-order chi connectivity index (χ1) is 19.9. The van der Waals surface area contributed by atoms with Gasteiger partial charge >= 0.3 is 0 Å². The zero-order valence-electron chi connectivity index (χ0n) is 24.2. The van der Waals surface area contributed by atoms with Crippen molar-refractivity contribution in [3.8, 4) is 22.3 Å². The van der Waals surface area contributed by atoms with Gasteiger partial charge in [0.05, 0.1) is 0 Å². The van der Waals surface area contributed by atoms with Crippen molar-refractivity contribution in [1.82, 2.24) is 0 Å². The number of rotatable bonds is 3. The second-order valence-electron chi connectivity index (χ2n) is 12.9. The van der Waals surface area contributed by atoms with E-state index in [1.54, 1.807) is 0 Å². The van der Waals surface area contributed by atoms with Crippen molar-refractivity contribution in [2.45, 2.75) is 44.4 Å². The highest BCUT2D eigenvalue weighted by atomic mass is 14.5. The van der Waals surface area contributed by atoms with Crippen LogP contribution in [0.25, 0.3) is 33.0 Å². The Bertz CT molecular complexity index is 1930. The van der Waals surface area contributed by atoms with Crippen molar-refractivity contribution >= 4 is 10.8 Å². The minimum Gasteiger partial charge on any atom is -0.0622 e. The average Bonchev–Trinajstić information content (AvgIpc) is 3.37. The van der Waals surface area contributed by atoms with Crippen molar-refractivity contribution in [1.29, 1.82) is 0 Å². The molecule has 198 valence electrons. The van der Waals surface area contributed by atoms with Crippen LogP contribution < -0.4 is 0 Å². The predicted molar refractivity (Wildman–Crippen MR) is 173 cm³/mol. The van der Waals surface area contributed by atoms with Gasteiger partial charge in [0.2, 0.25) is 0 Å². The lowest BCUT2D eigenvalue weighted by Gasteiger charge is -2.26. The van der Waals surface area contributed by atoms with Gasteiger partial charge in [-0.25, -0.2) is 0 Å². The minimum absolute atomic E-state index is 0.0185. The Balaban J connectivity index is 1.43. The van der Waals surface area contributed by atoms with Crippen LogP contribution in [0.4, 0.5) is 0 Å². The number of hydrogen-bond donors (Lipinski definition) is 0. The summed E-state index contributed by atoms with van der Waals surface area (Å²) in [6.07, 6.45) is 0. The second-order valence-corrected chi connectivity index (χ2v) is 12.9. The Morgan fingerprint density at radius 2 is 0.927 bits per heavy atom. The molecule has 6 aromatic rings. The van der Waals surface area contributed by atoms with Gasteiger partial charge in [0, 0.05) is 16.7 Å². The molecule has 0 radical (unpaired) electrons. The van der Waals surface area contributed by atoms with Crippen LogP contribution in [-0.2, 0) is 10.8 Å². The highest BCUT2D eigenvalue weighted by molar-refractivity contribution is 6.05. The zero-order valence-corrected chi connectivity index (χ0v) is 24.2. The van der Waals surface area contributed by atoms with Crippen LogP contribution in [0.5, 0.6) is 0 Å². The van der Waals surface area contributed by atoms with Gasteiger partial charge in [0.15, 0.2) is 0 Å². The van der Waals surface area contributed by atoms with Crippen LogP contribution in [-0.4, -0.2) is 0 Å². The zero-order chi connectivity index (χ0) is 27.9. The molecule has 2 aliphatic rings. The first kappa shape index (κ1) is 24.4. The SMILES string of the molecule is CC1(C)c2ccccc2-c2cc3c(cc21)-c1c(cc(C(c2ccccc2)c2ccccc2)c2ccccc12)C3(C)C.